The highest BCUT2D eigenvalue weighted by atomic mass is 32.2. The van der Waals surface area contributed by atoms with Crippen LogP contribution >= 0.6 is 11.8 Å². The minimum absolute atomic E-state index is 0.0152. The highest BCUT2D eigenvalue weighted by Gasteiger charge is 2.16. The second-order valence-electron chi connectivity index (χ2n) is 4.13. The lowest BCUT2D eigenvalue weighted by atomic mass is 10.1. The number of ketones is 1. The van der Waals surface area contributed by atoms with Crippen molar-refractivity contribution in [2.24, 2.45) is 0 Å². The molecule has 0 saturated carbocycles. The Morgan fingerprint density at radius 2 is 1.74 bits per heavy atom. The Hall–Kier alpha value is -1.68. The second-order valence-corrected chi connectivity index (χ2v) is 5.17. The summed E-state index contributed by atoms with van der Waals surface area (Å²) < 4.78 is 26.8. The molecule has 0 aromatic heterocycles. The Balaban J connectivity index is 2.10. The monoisotopic (exact) mass is 278 g/mol. The fourth-order valence-electron chi connectivity index (χ4n) is 1.69. The molecule has 0 aliphatic heterocycles. The molecule has 1 nitrogen and oxygen atoms in total. The Morgan fingerprint density at radius 1 is 1.11 bits per heavy atom. The van der Waals surface area contributed by atoms with Crippen LogP contribution in [0.1, 0.15) is 15.9 Å². The third kappa shape index (κ3) is 3.41. The molecule has 0 aliphatic carbocycles. The normalized spacial score (nSPS) is 10.5. The average molecular weight is 278 g/mol. The van der Waals surface area contributed by atoms with Crippen LogP contribution in [-0.4, -0.2) is 11.5 Å². The van der Waals surface area contributed by atoms with Crippen molar-refractivity contribution < 1.29 is 13.6 Å². The first-order chi connectivity index (χ1) is 9.08. The number of carbonyl (C=O) groups excluding carboxylic acids is 1. The highest BCUT2D eigenvalue weighted by Crippen LogP contribution is 2.22. The van der Waals surface area contributed by atoms with E-state index in [-0.39, 0.29) is 5.75 Å². The van der Waals surface area contributed by atoms with Gasteiger partial charge < -0.3 is 0 Å². The van der Waals surface area contributed by atoms with E-state index in [9.17, 15) is 13.6 Å². The Morgan fingerprint density at radius 3 is 2.37 bits per heavy atom. The summed E-state index contributed by atoms with van der Waals surface area (Å²) in [7, 11) is 0. The summed E-state index contributed by atoms with van der Waals surface area (Å²) in [6.45, 7) is 1.95. The molecule has 2 rings (SSSR count). The fourth-order valence-corrected chi connectivity index (χ4v) is 2.58. The molecular formula is C15H12F2OS. The lowest BCUT2D eigenvalue weighted by Gasteiger charge is -2.04. The molecule has 0 bridgehead atoms. The molecule has 0 aliphatic rings. The summed E-state index contributed by atoms with van der Waals surface area (Å²) in [5.74, 6) is -2.15. The molecule has 0 atom stereocenters. The number of hydrogen-bond donors (Lipinski definition) is 0. The third-order valence-electron chi connectivity index (χ3n) is 2.60. The van der Waals surface area contributed by atoms with Crippen LogP contribution in [0.3, 0.4) is 0 Å². The zero-order valence-corrected chi connectivity index (χ0v) is 11.1. The van der Waals surface area contributed by atoms with Gasteiger partial charge in [-0.15, -0.1) is 11.8 Å². The molecule has 19 heavy (non-hydrogen) atoms. The number of halogens is 2. The van der Waals surface area contributed by atoms with Crippen molar-refractivity contribution in [3.8, 4) is 0 Å². The number of rotatable bonds is 4. The topological polar surface area (TPSA) is 17.1 Å². The minimum Gasteiger partial charge on any atom is -0.293 e. The van der Waals surface area contributed by atoms with Crippen molar-refractivity contribution in [3.05, 3.63) is 65.2 Å². The Bertz CT molecular complexity index is 591. The molecule has 4 heteroatoms. The predicted molar refractivity (Wildman–Crippen MR) is 72.6 cm³/mol. The molecule has 0 saturated heterocycles. The number of Topliss-reactive ketones (excluding diaryl/α,β-unsaturated/α-hetero) is 1. The number of aryl methyl sites for hydroxylation is 1. The molecular weight excluding hydrogens is 266 g/mol. The van der Waals surface area contributed by atoms with Gasteiger partial charge in [-0.1, -0.05) is 23.8 Å². The number of thioether (sulfide) groups is 1. The molecule has 0 fully saturated rings. The molecule has 2 aromatic carbocycles. The lowest BCUT2D eigenvalue weighted by molar-refractivity contribution is 0.101. The van der Waals surface area contributed by atoms with Crippen LogP contribution in [0, 0.1) is 18.6 Å². The maximum Gasteiger partial charge on any atom is 0.178 e. The molecule has 0 amide bonds. The largest absolute Gasteiger partial charge is 0.293 e. The number of carbonyl (C=O) groups is 1. The van der Waals surface area contributed by atoms with Gasteiger partial charge in [0.1, 0.15) is 11.6 Å². The average Bonchev–Trinajstić information content (AvgIpc) is 2.36. The smallest absolute Gasteiger partial charge is 0.178 e. The maximum absolute atomic E-state index is 13.4. The summed E-state index contributed by atoms with van der Waals surface area (Å²) in [6, 6.07) is 11.0. The first-order valence-electron chi connectivity index (χ1n) is 5.74. The van der Waals surface area contributed by atoms with Crippen LogP contribution in [-0.2, 0) is 0 Å². The zero-order chi connectivity index (χ0) is 13.8. The van der Waals surface area contributed by atoms with Crippen LogP contribution in [0.5, 0.6) is 0 Å². The van der Waals surface area contributed by atoms with Gasteiger partial charge in [-0.05, 0) is 31.2 Å². The van der Waals surface area contributed by atoms with Crippen molar-refractivity contribution >= 4 is 17.5 Å². The number of benzene rings is 2. The van der Waals surface area contributed by atoms with E-state index >= 15 is 0 Å². The minimum atomic E-state index is -0.810. The van der Waals surface area contributed by atoms with Crippen LogP contribution in [0.25, 0.3) is 0 Å². The van der Waals surface area contributed by atoms with Gasteiger partial charge in [-0.3, -0.25) is 4.79 Å². The molecule has 0 heterocycles. The summed E-state index contributed by atoms with van der Waals surface area (Å²) in [5.41, 5.74) is 0.622. The van der Waals surface area contributed by atoms with Crippen molar-refractivity contribution in [2.45, 2.75) is 11.8 Å². The van der Waals surface area contributed by atoms with E-state index in [0.717, 1.165) is 22.6 Å². The maximum atomic E-state index is 13.4. The fraction of sp³-hybridized carbons (Fsp3) is 0.133. The third-order valence-corrected chi connectivity index (χ3v) is 3.59. The van der Waals surface area contributed by atoms with Gasteiger partial charge >= 0.3 is 0 Å². The molecule has 0 radical (unpaired) electrons. The quantitative estimate of drug-likeness (QED) is 0.614. The van der Waals surface area contributed by atoms with Gasteiger partial charge in [0.15, 0.2) is 5.78 Å². The van der Waals surface area contributed by atoms with Gasteiger partial charge in [0.05, 0.1) is 11.3 Å². The van der Waals surface area contributed by atoms with Gasteiger partial charge in [0.2, 0.25) is 0 Å². The van der Waals surface area contributed by atoms with Crippen molar-refractivity contribution in [1.29, 1.82) is 0 Å². The SMILES string of the molecule is Cc1cccc(SCC(=O)c2c(F)cccc2F)c1. The highest BCUT2D eigenvalue weighted by molar-refractivity contribution is 8.00. The molecule has 0 N–H and O–H groups in total. The van der Waals surface area contributed by atoms with Crippen molar-refractivity contribution in [2.75, 3.05) is 5.75 Å². The summed E-state index contributed by atoms with van der Waals surface area (Å²) in [4.78, 5) is 12.8. The van der Waals surface area contributed by atoms with Crippen LogP contribution < -0.4 is 0 Å². The van der Waals surface area contributed by atoms with Crippen molar-refractivity contribution in [3.63, 3.8) is 0 Å². The van der Waals surface area contributed by atoms with Gasteiger partial charge in [0, 0.05) is 4.90 Å². The van der Waals surface area contributed by atoms with E-state index in [4.69, 9.17) is 0 Å². The van der Waals surface area contributed by atoms with E-state index in [0.29, 0.717) is 0 Å². The van der Waals surface area contributed by atoms with Crippen LogP contribution in [0.2, 0.25) is 0 Å². The van der Waals surface area contributed by atoms with Crippen LogP contribution in [0.15, 0.2) is 47.4 Å². The Labute approximate surface area is 114 Å². The van der Waals surface area contributed by atoms with Crippen LogP contribution in [0.4, 0.5) is 8.78 Å². The lowest BCUT2D eigenvalue weighted by Crippen LogP contribution is -2.08. The van der Waals surface area contributed by atoms with E-state index in [1.165, 1.54) is 17.8 Å². The first-order valence-corrected chi connectivity index (χ1v) is 6.73. The molecule has 2 aromatic rings. The van der Waals surface area contributed by atoms with Gasteiger partial charge in [0.25, 0.3) is 0 Å². The van der Waals surface area contributed by atoms with E-state index in [1.54, 1.807) is 0 Å². The van der Waals surface area contributed by atoms with Gasteiger partial charge in [-0.2, -0.15) is 0 Å². The number of hydrogen-bond acceptors (Lipinski definition) is 2. The van der Waals surface area contributed by atoms with E-state index in [1.807, 2.05) is 31.2 Å². The standard InChI is InChI=1S/C15H12F2OS/c1-10-4-2-5-11(8-10)19-9-14(18)15-12(16)6-3-7-13(15)17/h2-8H,9H2,1H3. The second kappa shape index (κ2) is 5.97. The van der Waals surface area contributed by atoms with Gasteiger partial charge in [-0.25, -0.2) is 8.78 Å². The zero-order valence-electron chi connectivity index (χ0n) is 10.3. The van der Waals surface area contributed by atoms with E-state index in [2.05, 4.69) is 0 Å². The first kappa shape index (κ1) is 13.7. The molecule has 98 valence electrons. The molecule has 0 spiro atoms. The summed E-state index contributed by atoms with van der Waals surface area (Å²) >= 11 is 1.27. The van der Waals surface area contributed by atoms with Crippen molar-refractivity contribution in [1.82, 2.24) is 0 Å². The summed E-state index contributed by atoms with van der Waals surface area (Å²) in [6.07, 6.45) is 0. The summed E-state index contributed by atoms with van der Waals surface area (Å²) in [5, 5.41) is 0. The van der Waals surface area contributed by atoms with E-state index < -0.39 is 23.0 Å². The molecule has 0 unspecified atom stereocenters. The Kier molecular flexibility index (Phi) is 4.32. The predicted octanol–water partition coefficient (Wildman–Crippen LogP) is 4.25.